The molecular weight excluding hydrogens is 217 g/mol. The molecule has 6 heteroatoms. The first-order valence-electron chi connectivity index (χ1n) is 4.22. The van der Waals surface area contributed by atoms with Crippen LogP contribution in [0.4, 0.5) is 0 Å². The molecule has 5 nitrogen and oxygen atoms in total. The summed E-state index contributed by atoms with van der Waals surface area (Å²) in [6, 6.07) is 8.99. The van der Waals surface area contributed by atoms with Crippen molar-refractivity contribution >= 4 is 14.0 Å². The van der Waals surface area contributed by atoms with Gasteiger partial charge in [-0.25, -0.2) is 4.79 Å². The first kappa shape index (κ1) is 11.8. The molecular formula is C9H11NO4P+. The number of hydrogen-bond donors (Lipinski definition) is 2. The van der Waals surface area contributed by atoms with E-state index in [0.717, 1.165) is 5.56 Å². The Hall–Kier alpha value is -1.29. The molecule has 0 bridgehead atoms. The third-order valence-electron chi connectivity index (χ3n) is 1.70. The van der Waals surface area contributed by atoms with E-state index in [1.165, 1.54) is 0 Å². The molecule has 0 saturated heterocycles. The molecule has 2 atom stereocenters. The van der Waals surface area contributed by atoms with Crippen molar-refractivity contribution in [1.82, 2.24) is 0 Å². The number of nitrogens with two attached hydrogens (primary N) is 1. The van der Waals surface area contributed by atoms with E-state index in [4.69, 9.17) is 15.4 Å². The van der Waals surface area contributed by atoms with Crippen LogP contribution in [0.5, 0.6) is 0 Å². The second-order valence-electron chi connectivity index (χ2n) is 2.84. The maximum absolute atomic E-state index is 11.1. The Bertz CT molecular complexity index is 354. The maximum atomic E-state index is 11.1. The second-order valence-corrected chi connectivity index (χ2v) is 4.00. The summed E-state index contributed by atoms with van der Waals surface area (Å²) in [7, 11) is -2.73. The second kappa shape index (κ2) is 5.56. The van der Waals surface area contributed by atoms with Crippen molar-refractivity contribution in [3.05, 3.63) is 35.9 Å². The summed E-state index contributed by atoms with van der Waals surface area (Å²) >= 11 is 0. The predicted molar refractivity (Wildman–Crippen MR) is 54.0 cm³/mol. The van der Waals surface area contributed by atoms with Gasteiger partial charge >= 0.3 is 19.8 Å². The minimum atomic E-state index is -2.73. The number of benzene rings is 1. The van der Waals surface area contributed by atoms with Gasteiger partial charge in [-0.05, 0) is 10.1 Å². The van der Waals surface area contributed by atoms with Crippen LogP contribution >= 0.6 is 8.03 Å². The fourth-order valence-electron chi connectivity index (χ4n) is 0.904. The van der Waals surface area contributed by atoms with Gasteiger partial charge in [-0.2, -0.15) is 4.89 Å². The van der Waals surface area contributed by atoms with Crippen LogP contribution in [0.2, 0.25) is 0 Å². The van der Waals surface area contributed by atoms with E-state index in [2.05, 4.69) is 0 Å². The van der Waals surface area contributed by atoms with Gasteiger partial charge in [0.05, 0.1) is 0 Å². The normalized spacial score (nSPS) is 13.1. The van der Waals surface area contributed by atoms with Crippen molar-refractivity contribution in [2.75, 3.05) is 0 Å². The van der Waals surface area contributed by atoms with Gasteiger partial charge < -0.3 is 4.74 Å². The van der Waals surface area contributed by atoms with E-state index in [-0.39, 0.29) is 6.61 Å². The fourth-order valence-corrected chi connectivity index (χ4v) is 1.16. The van der Waals surface area contributed by atoms with Gasteiger partial charge in [0, 0.05) is 0 Å². The molecule has 0 heterocycles. The monoisotopic (exact) mass is 228 g/mol. The highest BCUT2D eigenvalue weighted by atomic mass is 31.1. The standard InChI is InChI=1S/C9H10NO4P/c10-8(15(12)13)9(11)14-6-7-4-2-1-3-5-7/h1-5,8H,6,10H2/p+1. The maximum Gasteiger partial charge on any atom is 0.536 e. The zero-order chi connectivity index (χ0) is 11.3. The Morgan fingerprint density at radius 3 is 2.60 bits per heavy atom. The van der Waals surface area contributed by atoms with Crippen molar-refractivity contribution in [2.24, 2.45) is 5.73 Å². The molecule has 0 fully saturated rings. The molecule has 2 unspecified atom stereocenters. The van der Waals surface area contributed by atoms with Gasteiger partial charge in [0.25, 0.3) is 0 Å². The van der Waals surface area contributed by atoms with E-state index >= 15 is 0 Å². The van der Waals surface area contributed by atoms with Crippen LogP contribution in [0.3, 0.4) is 0 Å². The average molecular weight is 228 g/mol. The fraction of sp³-hybridized carbons (Fsp3) is 0.222. The van der Waals surface area contributed by atoms with Crippen LogP contribution in [-0.2, 0) is 20.7 Å². The van der Waals surface area contributed by atoms with Crippen molar-refractivity contribution < 1.29 is 19.0 Å². The first-order chi connectivity index (χ1) is 7.11. The summed E-state index contributed by atoms with van der Waals surface area (Å²) in [5.41, 5.74) is 5.91. The number of rotatable bonds is 4. The molecule has 0 aliphatic heterocycles. The SMILES string of the molecule is NC(C(=O)OCc1ccccc1)[P+](=O)O. The van der Waals surface area contributed by atoms with Crippen molar-refractivity contribution in [3.63, 3.8) is 0 Å². The minimum Gasteiger partial charge on any atom is -0.456 e. The summed E-state index contributed by atoms with van der Waals surface area (Å²) in [4.78, 5) is 19.6. The molecule has 80 valence electrons. The van der Waals surface area contributed by atoms with Gasteiger partial charge in [-0.3, -0.25) is 5.73 Å². The van der Waals surface area contributed by atoms with Crippen LogP contribution in [0.15, 0.2) is 30.3 Å². The third kappa shape index (κ3) is 3.75. The number of hydrogen-bond acceptors (Lipinski definition) is 4. The van der Waals surface area contributed by atoms with E-state index < -0.39 is 19.8 Å². The van der Waals surface area contributed by atoms with E-state index in [9.17, 15) is 9.36 Å². The highest BCUT2D eigenvalue weighted by molar-refractivity contribution is 7.40. The van der Waals surface area contributed by atoms with Crippen molar-refractivity contribution in [3.8, 4) is 0 Å². The summed E-state index contributed by atoms with van der Waals surface area (Å²) < 4.78 is 15.2. The minimum absolute atomic E-state index is 0.0521. The summed E-state index contributed by atoms with van der Waals surface area (Å²) in [5.74, 6) is -2.34. The molecule has 3 N–H and O–H groups in total. The molecule has 0 spiro atoms. The van der Waals surface area contributed by atoms with Crippen molar-refractivity contribution in [1.29, 1.82) is 0 Å². The number of carbonyl (C=O) groups is 1. The van der Waals surface area contributed by atoms with Gasteiger partial charge in [-0.15, -0.1) is 0 Å². The summed E-state index contributed by atoms with van der Waals surface area (Å²) in [6.07, 6.45) is 0. The quantitative estimate of drug-likeness (QED) is 0.586. The van der Waals surface area contributed by atoms with Crippen LogP contribution in [-0.4, -0.2) is 16.6 Å². The zero-order valence-corrected chi connectivity index (χ0v) is 8.76. The average Bonchev–Trinajstić information content (AvgIpc) is 2.26. The number of esters is 1. The lowest BCUT2D eigenvalue weighted by atomic mass is 10.2. The Labute approximate surface area is 87.7 Å². The van der Waals surface area contributed by atoms with Gasteiger partial charge in [0.15, 0.2) is 0 Å². The predicted octanol–water partition coefficient (Wildman–Crippen LogP) is 0.749. The number of ether oxygens (including phenoxy) is 1. The third-order valence-corrected chi connectivity index (χ3v) is 2.39. The highest BCUT2D eigenvalue weighted by Crippen LogP contribution is 2.18. The van der Waals surface area contributed by atoms with E-state index in [1.54, 1.807) is 24.3 Å². The molecule has 1 rings (SSSR count). The Morgan fingerprint density at radius 2 is 2.07 bits per heavy atom. The van der Waals surface area contributed by atoms with E-state index in [0.29, 0.717) is 0 Å². The van der Waals surface area contributed by atoms with Crippen LogP contribution in [0, 0.1) is 0 Å². The van der Waals surface area contributed by atoms with Gasteiger partial charge in [0.2, 0.25) is 0 Å². The Morgan fingerprint density at radius 1 is 1.47 bits per heavy atom. The molecule has 15 heavy (non-hydrogen) atoms. The zero-order valence-electron chi connectivity index (χ0n) is 7.87. The van der Waals surface area contributed by atoms with Crippen LogP contribution < -0.4 is 5.73 Å². The largest absolute Gasteiger partial charge is 0.536 e. The lowest BCUT2D eigenvalue weighted by molar-refractivity contribution is -0.144. The van der Waals surface area contributed by atoms with Gasteiger partial charge in [0.1, 0.15) is 6.61 Å². The smallest absolute Gasteiger partial charge is 0.456 e. The molecule has 0 amide bonds. The number of carbonyl (C=O) groups excluding carboxylic acids is 1. The highest BCUT2D eigenvalue weighted by Gasteiger charge is 2.34. The lowest BCUT2D eigenvalue weighted by Gasteiger charge is -2.03. The summed E-state index contributed by atoms with van der Waals surface area (Å²) in [5, 5.41) is 0. The Balaban J connectivity index is 2.44. The molecule has 0 aromatic heterocycles. The molecule has 0 aliphatic rings. The Kier molecular flexibility index (Phi) is 4.37. The van der Waals surface area contributed by atoms with Gasteiger partial charge in [-0.1, -0.05) is 30.3 Å². The molecule has 1 aromatic carbocycles. The molecule has 0 saturated carbocycles. The molecule has 1 aromatic rings. The molecule has 0 aliphatic carbocycles. The van der Waals surface area contributed by atoms with Crippen molar-refractivity contribution in [2.45, 2.75) is 12.4 Å². The summed E-state index contributed by atoms with van der Waals surface area (Å²) in [6.45, 7) is 0.0521. The van der Waals surface area contributed by atoms with Crippen LogP contribution in [0.1, 0.15) is 5.56 Å². The molecule has 0 radical (unpaired) electrons. The first-order valence-corrected chi connectivity index (χ1v) is 5.51. The van der Waals surface area contributed by atoms with Crippen LogP contribution in [0.25, 0.3) is 0 Å². The topological polar surface area (TPSA) is 89.6 Å². The lowest BCUT2D eigenvalue weighted by Crippen LogP contribution is -2.28. The van der Waals surface area contributed by atoms with E-state index in [1.807, 2.05) is 6.07 Å².